The van der Waals surface area contributed by atoms with E-state index < -0.39 is 0 Å². The number of thiophene rings is 1. The fourth-order valence-corrected chi connectivity index (χ4v) is 3.03. The minimum atomic E-state index is -0.00586. The van der Waals surface area contributed by atoms with E-state index in [9.17, 15) is 4.79 Å². The van der Waals surface area contributed by atoms with Gasteiger partial charge >= 0.3 is 0 Å². The lowest BCUT2D eigenvalue weighted by Gasteiger charge is -2.12. The summed E-state index contributed by atoms with van der Waals surface area (Å²) in [5, 5.41) is 4.74. The van der Waals surface area contributed by atoms with E-state index >= 15 is 0 Å². The van der Waals surface area contributed by atoms with Gasteiger partial charge in [0.1, 0.15) is 0 Å². The fraction of sp³-hybridized carbons (Fsp3) is 0.0625. The molecular formula is C16H12ClNOS. The predicted molar refractivity (Wildman–Crippen MR) is 84.6 cm³/mol. The summed E-state index contributed by atoms with van der Waals surface area (Å²) in [7, 11) is 0. The largest absolute Gasteiger partial charge is 0.304 e. The molecule has 0 spiro atoms. The Hall–Kier alpha value is -1.84. The average molecular weight is 302 g/mol. The maximum Gasteiger partial charge on any atom is 0.251 e. The second-order valence-corrected chi connectivity index (χ2v) is 5.69. The fourth-order valence-electron chi connectivity index (χ4n) is 2.16. The lowest BCUT2D eigenvalue weighted by molar-refractivity contribution is 0.769. The van der Waals surface area contributed by atoms with Crippen molar-refractivity contribution in [2.75, 3.05) is 0 Å². The van der Waals surface area contributed by atoms with Crippen LogP contribution in [0, 0.1) is 0 Å². The van der Waals surface area contributed by atoms with Gasteiger partial charge in [0, 0.05) is 22.0 Å². The Balaban J connectivity index is 2.07. The Morgan fingerprint density at radius 2 is 1.95 bits per heavy atom. The number of halogens is 1. The molecule has 2 heterocycles. The summed E-state index contributed by atoms with van der Waals surface area (Å²) in [5.74, 6) is 0. The molecule has 0 radical (unpaired) electrons. The summed E-state index contributed by atoms with van der Waals surface area (Å²) in [6.07, 6.45) is 0. The van der Waals surface area contributed by atoms with E-state index in [1.807, 2.05) is 47.2 Å². The van der Waals surface area contributed by atoms with E-state index in [2.05, 4.69) is 0 Å². The number of rotatable bonds is 3. The van der Waals surface area contributed by atoms with Crippen molar-refractivity contribution in [1.29, 1.82) is 0 Å². The van der Waals surface area contributed by atoms with Gasteiger partial charge in [0.25, 0.3) is 5.56 Å². The minimum Gasteiger partial charge on any atom is -0.304 e. The highest BCUT2D eigenvalue weighted by atomic mass is 35.5. The summed E-state index contributed by atoms with van der Waals surface area (Å²) in [6, 6.07) is 15.0. The Bertz CT molecular complexity index is 777. The van der Waals surface area contributed by atoms with E-state index in [-0.39, 0.29) is 5.56 Å². The summed E-state index contributed by atoms with van der Waals surface area (Å²) >= 11 is 7.63. The van der Waals surface area contributed by atoms with Crippen LogP contribution in [0.3, 0.4) is 0 Å². The van der Waals surface area contributed by atoms with Gasteiger partial charge in [0.15, 0.2) is 0 Å². The van der Waals surface area contributed by atoms with Crippen molar-refractivity contribution in [1.82, 2.24) is 4.57 Å². The number of hydrogen-bond donors (Lipinski definition) is 0. The van der Waals surface area contributed by atoms with Gasteiger partial charge in [-0.25, -0.2) is 0 Å². The van der Waals surface area contributed by atoms with E-state index in [0.717, 1.165) is 16.8 Å². The molecule has 100 valence electrons. The summed E-state index contributed by atoms with van der Waals surface area (Å²) in [5.41, 5.74) is 3.00. The normalized spacial score (nSPS) is 10.7. The Morgan fingerprint density at radius 1 is 1.10 bits per heavy atom. The molecule has 3 rings (SSSR count). The number of nitrogens with zero attached hydrogens (tertiary/aromatic N) is 1. The zero-order valence-electron chi connectivity index (χ0n) is 10.6. The Kier molecular flexibility index (Phi) is 3.72. The van der Waals surface area contributed by atoms with Gasteiger partial charge in [-0.05, 0) is 35.2 Å². The van der Waals surface area contributed by atoms with E-state index in [0.29, 0.717) is 11.6 Å². The van der Waals surface area contributed by atoms with E-state index in [1.165, 1.54) is 0 Å². The third kappa shape index (κ3) is 2.69. The molecule has 0 aliphatic rings. The van der Waals surface area contributed by atoms with Gasteiger partial charge in [0.2, 0.25) is 0 Å². The number of hydrogen-bond acceptors (Lipinski definition) is 2. The summed E-state index contributed by atoms with van der Waals surface area (Å²) in [6.45, 7) is 0.519. The van der Waals surface area contributed by atoms with Gasteiger partial charge in [0.05, 0.1) is 12.2 Å². The van der Waals surface area contributed by atoms with Gasteiger partial charge in [-0.15, -0.1) is 0 Å². The van der Waals surface area contributed by atoms with Crippen LogP contribution in [-0.2, 0) is 6.54 Å². The lowest BCUT2D eigenvalue weighted by Crippen LogP contribution is -2.21. The zero-order valence-corrected chi connectivity index (χ0v) is 12.2. The molecule has 20 heavy (non-hydrogen) atoms. The monoisotopic (exact) mass is 301 g/mol. The average Bonchev–Trinajstić information content (AvgIpc) is 2.95. The van der Waals surface area contributed by atoms with Crippen LogP contribution in [0.15, 0.2) is 64.1 Å². The second kappa shape index (κ2) is 5.65. The van der Waals surface area contributed by atoms with Gasteiger partial charge < -0.3 is 4.57 Å². The predicted octanol–water partition coefficient (Wildman–Crippen LogP) is 4.28. The first-order valence-corrected chi connectivity index (χ1v) is 7.53. The zero-order chi connectivity index (χ0) is 13.9. The SMILES string of the molecule is O=c1cccc(-c2ccsc2)n1Cc1cccc(Cl)c1. The molecule has 0 bridgehead atoms. The molecule has 0 saturated carbocycles. The van der Waals surface area contributed by atoms with Crippen molar-refractivity contribution < 1.29 is 0 Å². The number of aromatic nitrogens is 1. The van der Waals surface area contributed by atoms with Crippen LogP contribution < -0.4 is 5.56 Å². The van der Waals surface area contributed by atoms with Crippen LogP contribution >= 0.6 is 22.9 Å². The van der Waals surface area contributed by atoms with Crippen LogP contribution in [0.2, 0.25) is 5.02 Å². The van der Waals surface area contributed by atoms with Crippen LogP contribution in [0.25, 0.3) is 11.3 Å². The smallest absolute Gasteiger partial charge is 0.251 e. The molecule has 2 nitrogen and oxygen atoms in total. The van der Waals surface area contributed by atoms with Crippen molar-refractivity contribution in [3.63, 3.8) is 0 Å². The second-order valence-electron chi connectivity index (χ2n) is 4.48. The first-order valence-electron chi connectivity index (χ1n) is 6.21. The molecule has 0 aliphatic carbocycles. The van der Waals surface area contributed by atoms with Gasteiger partial charge in [-0.3, -0.25) is 4.79 Å². The molecule has 0 amide bonds. The molecule has 1 aromatic carbocycles. The van der Waals surface area contributed by atoms with Crippen LogP contribution in [0.5, 0.6) is 0 Å². The van der Waals surface area contributed by atoms with Crippen LogP contribution in [-0.4, -0.2) is 4.57 Å². The van der Waals surface area contributed by atoms with Crippen LogP contribution in [0.4, 0.5) is 0 Å². The Labute approximate surface area is 125 Å². The highest BCUT2D eigenvalue weighted by Crippen LogP contribution is 2.22. The molecule has 0 fully saturated rings. The van der Waals surface area contributed by atoms with E-state index in [4.69, 9.17) is 11.6 Å². The number of pyridine rings is 1. The summed E-state index contributed by atoms with van der Waals surface area (Å²) in [4.78, 5) is 12.2. The third-order valence-corrected chi connectivity index (χ3v) is 4.01. The topological polar surface area (TPSA) is 22.0 Å². The van der Waals surface area contributed by atoms with Crippen molar-refractivity contribution in [2.45, 2.75) is 6.54 Å². The van der Waals surface area contributed by atoms with Crippen LogP contribution in [0.1, 0.15) is 5.56 Å². The van der Waals surface area contributed by atoms with Crippen molar-refractivity contribution in [3.8, 4) is 11.3 Å². The highest BCUT2D eigenvalue weighted by Gasteiger charge is 2.07. The molecule has 0 aliphatic heterocycles. The quantitative estimate of drug-likeness (QED) is 0.708. The maximum atomic E-state index is 12.2. The molecule has 2 aromatic heterocycles. The van der Waals surface area contributed by atoms with Crippen molar-refractivity contribution in [2.24, 2.45) is 0 Å². The minimum absolute atomic E-state index is 0.00586. The lowest BCUT2D eigenvalue weighted by atomic mass is 10.1. The first kappa shape index (κ1) is 13.2. The molecular weight excluding hydrogens is 290 g/mol. The van der Waals surface area contributed by atoms with E-state index in [1.54, 1.807) is 28.0 Å². The van der Waals surface area contributed by atoms with Crippen molar-refractivity contribution >= 4 is 22.9 Å². The molecule has 0 N–H and O–H groups in total. The summed E-state index contributed by atoms with van der Waals surface area (Å²) < 4.78 is 1.77. The molecule has 0 saturated heterocycles. The highest BCUT2D eigenvalue weighted by molar-refractivity contribution is 7.08. The third-order valence-electron chi connectivity index (χ3n) is 3.10. The maximum absolute atomic E-state index is 12.2. The number of benzene rings is 1. The molecule has 0 unspecified atom stereocenters. The van der Waals surface area contributed by atoms with Gasteiger partial charge in [-0.2, -0.15) is 11.3 Å². The molecule has 0 atom stereocenters. The van der Waals surface area contributed by atoms with Gasteiger partial charge in [-0.1, -0.05) is 29.8 Å². The van der Waals surface area contributed by atoms with Crippen molar-refractivity contribution in [3.05, 3.63) is 80.2 Å². The Morgan fingerprint density at radius 3 is 2.70 bits per heavy atom. The molecule has 4 heteroatoms. The standard InChI is InChI=1S/C16H12ClNOS/c17-14-4-1-3-12(9-14)10-18-15(5-2-6-16(18)19)13-7-8-20-11-13/h1-9,11H,10H2. The first-order chi connectivity index (χ1) is 9.74. The molecule has 3 aromatic rings.